The number of carbonyl (C=O) groups excluding carboxylic acids is 3. The lowest BCUT2D eigenvalue weighted by molar-refractivity contribution is -0.139. The third kappa shape index (κ3) is 6.77. The fraction of sp³-hybridized carbons (Fsp3) is 0.261. The Bertz CT molecular complexity index is 921. The monoisotopic (exact) mass is 411 g/mol. The van der Waals surface area contributed by atoms with Crippen LogP contribution in [-0.2, 0) is 14.3 Å². The van der Waals surface area contributed by atoms with Crippen molar-refractivity contribution in [2.45, 2.75) is 26.7 Å². The summed E-state index contributed by atoms with van der Waals surface area (Å²) in [6.07, 6.45) is 3.07. The summed E-state index contributed by atoms with van der Waals surface area (Å²) in [5.74, 6) is -0.991. The maximum atomic E-state index is 12.6. The minimum atomic E-state index is -0.643. The Hall–Kier alpha value is -3.61. The van der Waals surface area contributed by atoms with Crippen molar-refractivity contribution in [1.82, 2.24) is 5.32 Å². The van der Waals surface area contributed by atoms with E-state index in [2.05, 4.69) is 5.32 Å². The van der Waals surface area contributed by atoms with Crippen LogP contribution in [0.2, 0.25) is 0 Å². The Morgan fingerprint density at radius 3 is 2.40 bits per heavy atom. The van der Waals surface area contributed by atoms with Gasteiger partial charge in [-0.25, -0.2) is 4.79 Å². The maximum Gasteiger partial charge on any atom is 0.354 e. The Morgan fingerprint density at radius 2 is 1.77 bits per heavy atom. The van der Waals surface area contributed by atoms with Gasteiger partial charge in [0, 0.05) is 12.5 Å². The van der Waals surface area contributed by atoms with Gasteiger partial charge in [-0.05, 0) is 42.3 Å². The Labute approximate surface area is 175 Å². The van der Waals surface area contributed by atoms with E-state index in [9.17, 15) is 14.4 Å². The van der Waals surface area contributed by atoms with Crippen LogP contribution in [0.4, 0.5) is 0 Å². The summed E-state index contributed by atoms with van der Waals surface area (Å²) in [4.78, 5) is 36.3. The quantitative estimate of drug-likeness (QED) is 0.293. The van der Waals surface area contributed by atoms with Crippen LogP contribution in [0.25, 0.3) is 6.08 Å². The molecule has 1 N–H and O–H groups in total. The summed E-state index contributed by atoms with van der Waals surface area (Å²) >= 11 is 0. The van der Waals surface area contributed by atoms with Crippen LogP contribution in [0.1, 0.15) is 42.6 Å². The Balaban J connectivity index is 2.32. The van der Waals surface area contributed by atoms with Gasteiger partial charge >= 0.3 is 11.9 Å². The molecule has 0 bridgehead atoms. The molecule has 0 radical (unpaired) electrons. The van der Waals surface area contributed by atoms with Crippen molar-refractivity contribution in [2.24, 2.45) is 0 Å². The zero-order valence-electron chi connectivity index (χ0n) is 17.3. The first-order chi connectivity index (χ1) is 14.4. The van der Waals surface area contributed by atoms with Crippen LogP contribution in [-0.4, -0.2) is 31.6 Å². The summed E-state index contributed by atoms with van der Waals surface area (Å²) < 4.78 is 15.6. The molecular weight excluding hydrogens is 386 g/mol. The van der Waals surface area contributed by atoms with E-state index >= 15 is 0 Å². The van der Waals surface area contributed by atoms with Crippen molar-refractivity contribution in [3.8, 4) is 11.5 Å². The molecule has 0 unspecified atom stereocenters. The first-order valence-corrected chi connectivity index (χ1v) is 9.56. The van der Waals surface area contributed by atoms with Crippen LogP contribution >= 0.6 is 0 Å². The smallest absolute Gasteiger partial charge is 0.354 e. The molecule has 0 heterocycles. The molecule has 0 aromatic heterocycles. The summed E-state index contributed by atoms with van der Waals surface area (Å²) in [5, 5.41) is 2.61. The molecule has 0 aliphatic carbocycles. The van der Waals surface area contributed by atoms with Crippen molar-refractivity contribution in [1.29, 1.82) is 0 Å². The molecule has 0 saturated carbocycles. The predicted molar refractivity (Wildman–Crippen MR) is 112 cm³/mol. The molecule has 0 fully saturated rings. The summed E-state index contributed by atoms with van der Waals surface area (Å²) in [7, 11) is 1.44. The number of hydrogen-bond donors (Lipinski definition) is 1. The average Bonchev–Trinajstić information content (AvgIpc) is 2.74. The largest absolute Gasteiger partial charge is 0.493 e. The van der Waals surface area contributed by atoms with E-state index in [-0.39, 0.29) is 18.1 Å². The van der Waals surface area contributed by atoms with Crippen LogP contribution in [0.5, 0.6) is 11.5 Å². The number of rotatable bonds is 9. The van der Waals surface area contributed by atoms with Crippen LogP contribution < -0.4 is 14.8 Å². The van der Waals surface area contributed by atoms with Gasteiger partial charge in [0.05, 0.1) is 13.7 Å². The number of ether oxygens (including phenoxy) is 3. The van der Waals surface area contributed by atoms with Gasteiger partial charge in [0.25, 0.3) is 5.91 Å². The fourth-order valence-corrected chi connectivity index (χ4v) is 2.50. The van der Waals surface area contributed by atoms with Gasteiger partial charge in [-0.3, -0.25) is 9.59 Å². The number of methoxy groups -OCH3 is 1. The van der Waals surface area contributed by atoms with Gasteiger partial charge in [0.15, 0.2) is 11.5 Å². The lowest BCUT2D eigenvalue weighted by atomic mass is 10.1. The summed E-state index contributed by atoms with van der Waals surface area (Å²) in [6.45, 7) is 3.53. The van der Waals surface area contributed by atoms with Gasteiger partial charge in [-0.15, -0.1) is 0 Å². The highest BCUT2D eigenvalue weighted by Gasteiger charge is 2.17. The highest BCUT2D eigenvalue weighted by molar-refractivity contribution is 6.03. The number of amides is 1. The topological polar surface area (TPSA) is 90.9 Å². The molecule has 7 heteroatoms. The standard InChI is InChI=1S/C23H25NO6/c1-4-5-13-29-23(27)19(24-22(26)18-9-7-6-8-10-18)14-17-11-12-20(30-16(2)25)21(15-17)28-3/h6-12,14-15H,4-5,13H2,1-3H3,(H,24,26)/b19-14+. The second-order valence-corrected chi connectivity index (χ2v) is 6.37. The van der Waals surface area contributed by atoms with Crippen molar-refractivity contribution < 1.29 is 28.6 Å². The molecule has 2 aromatic carbocycles. The highest BCUT2D eigenvalue weighted by Crippen LogP contribution is 2.29. The minimum absolute atomic E-state index is 0.0118. The number of esters is 2. The molecule has 1 amide bonds. The number of benzene rings is 2. The van der Waals surface area contributed by atoms with E-state index in [1.54, 1.807) is 48.5 Å². The molecule has 0 saturated heterocycles. The van der Waals surface area contributed by atoms with Crippen LogP contribution in [0.3, 0.4) is 0 Å². The molecule has 0 spiro atoms. The molecule has 0 aliphatic heterocycles. The number of nitrogens with one attached hydrogen (secondary N) is 1. The van der Waals surface area contributed by atoms with Crippen LogP contribution in [0, 0.1) is 0 Å². The zero-order chi connectivity index (χ0) is 21.9. The number of unbranched alkanes of at least 4 members (excludes halogenated alkanes) is 1. The Kier molecular flexibility index (Phi) is 8.62. The second-order valence-electron chi connectivity index (χ2n) is 6.37. The van der Waals surface area contributed by atoms with E-state index in [0.29, 0.717) is 16.9 Å². The van der Waals surface area contributed by atoms with E-state index in [0.717, 1.165) is 12.8 Å². The van der Waals surface area contributed by atoms with Crippen LogP contribution in [0.15, 0.2) is 54.2 Å². The zero-order valence-corrected chi connectivity index (χ0v) is 17.3. The number of carbonyl (C=O) groups is 3. The first kappa shape index (κ1) is 22.7. The highest BCUT2D eigenvalue weighted by atomic mass is 16.6. The SMILES string of the molecule is CCCCOC(=O)/C(=C\c1ccc(OC(C)=O)c(OC)c1)NC(=O)c1ccccc1. The van der Waals surface area contributed by atoms with E-state index in [1.807, 2.05) is 6.92 Å². The lowest BCUT2D eigenvalue weighted by Crippen LogP contribution is -2.28. The minimum Gasteiger partial charge on any atom is -0.493 e. The summed E-state index contributed by atoms with van der Waals surface area (Å²) in [5.41, 5.74) is 0.952. The normalized spacial score (nSPS) is 10.8. The van der Waals surface area contributed by atoms with Gasteiger partial charge in [-0.1, -0.05) is 37.6 Å². The number of hydrogen-bond acceptors (Lipinski definition) is 6. The van der Waals surface area contributed by atoms with E-state index < -0.39 is 17.8 Å². The average molecular weight is 411 g/mol. The molecule has 7 nitrogen and oxygen atoms in total. The van der Waals surface area contributed by atoms with Gasteiger partial charge in [-0.2, -0.15) is 0 Å². The Morgan fingerprint density at radius 1 is 1.03 bits per heavy atom. The second kappa shape index (κ2) is 11.4. The van der Waals surface area contributed by atoms with Crippen molar-refractivity contribution >= 4 is 23.9 Å². The molecule has 0 aliphatic rings. The summed E-state index contributed by atoms with van der Waals surface area (Å²) in [6, 6.07) is 13.3. The molecule has 2 aromatic rings. The third-order valence-corrected chi connectivity index (χ3v) is 3.99. The van der Waals surface area contributed by atoms with Gasteiger partial charge in [0.2, 0.25) is 0 Å². The molecule has 158 valence electrons. The van der Waals surface area contributed by atoms with Gasteiger partial charge in [0.1, 0.15) is 5.70 Å². The first-order valence-electron chi connectivity index (χ1n) is 9.56. The van der Waals surface area contributed by atoms with Crippen molar-refractivity contribution in [2.75, 3.05) is 13.7 Å². The third-order valence-electron chi connectivity index (χ3n) is 3.99. The molecule has 0 atom stereocenters. The molecular formula is C23H25NO6. The molecule has 30 heavy (non-hydrogen) atoms. The lowest BCUT2D eigenvalue weighted by Gasteiger charge is -2.12. The van der Waals surface area contributed by atoms with Gasteiger partial charge < -0.3 is 19.5 Å². The van der Waals surface area contributed by atoms with E-state index in [4.69, 9.17) is 14.2 Å². The maximum absolute atomic E-state index is 12.6. The molecule has 2 rings (SSSR count). The van der Waals surface area contributed by atoms with E-state index in [1.165, 1.54) is 20.1 Å². The van der Waals surface area contributed by atoms with Crippen molar-refractivity contribution in [3.05, 3.63) is 65.4 Å². The van der Waals surface area contributed by atoms with Crippen molar-refractivity contribution in [3.63, 3.8) is 0 Å². The fourth-order valence-electron chi connectivity index (χ4n) is 2.50. The predicted octanol–water partition coefficient (Wildman–Crippen LogP) is 3.73.